The first-order valence-corrected chi connectivity index (χ1v) is 7.14. The molecule has 0 spiro atoms. The highest BCUT2D eigenvalue weighted by molar-refractivity contribution is 5.94. The summed E-state index contributed by atoms with van der Waals surface area (Å²) in [5, 5.41) is 17.6. The third-order valence-electron chi connectivity index (χ3n) is 2.99. The molecule has 4 N–H and O–H groups in total. The number of hydrogen-bond donors (Lipinski definition) is 3. The van der Waals surface area contributed by atoms with E-state index < -0.39 is 23.6 Å². The van der Waals surface area contributed by atoms with Crippen molar-refractivity contribution in [3.05, 3.63) is 35.4 Å². The Balaban J connectivity index is 0.00000127. The van der Waals surface area contributed by atoms with Crippen LogP contribution in [0.15, 0.2) is 18.2 Å². The van der Waals surface area contributed by atoms with E-state index in [1.807, 2.05) is 13.8 Å². The van der Waals surface area contributed by atoms with Gasteiger partial charge in [-0.2, -0.15) is 4.39 Å². The fourth-order valence-electron chi connectivity index (χ4n) is 2.19. The van der Waals surface area contributed by atoms with E-state index in [0.717, 1.165) is 6.07 Å². The molecule has 0 aliphatic rings. The van der Waals surface area contributed by atoms with Crippen molar-refractivity contribution in [2.24, 2.45) is 0 Å². The number of halogens is 3. The average molecular weight is 331 g/mol. The lowest BCUT2D eigenvalue weighted by molar-refractivity contribution is -0.375. The van der Waals surface area contributed by atoms with Crippen molar-refractivity contribution >= 4 is 16.5 Å². The summed E-state index contributed by atoms with van der Waals surface area (Å²) >= 11 is 0. The zero-order chi connectivity index (χ0) is 17.9. The SMILES string of the molecule is CC.CC(C)c1cc(N)cc2cc(F)c(F)c(OC(O)(O)F)c12. The molecule has 0 aliphatic carbocycles. The number of nitrogen functional groups attached to an aromatic ring is 1. The van der Waals surface area contributed by atoms with Crippen molar-refractivity contribution in [3.63, 3.8) is 0 Å². The van der Waals surface area contributed by atoms with Gasteiger partial charge in [-0.1, -0.05) is 27.7 Å². The molecule has 2 aromatic carbocycles. The number of rotatable bonds is 3. The number of hydrogen-bond acceptors (Lipinski definition) is 4. The van der Waals surface area contributed by atoms with E-state index in [1.165, 1.54) is 12.1 Å². The molecule has 0 bridgehead atoms. The summed E-state index contributed by atoms with van der Waals surface area (Å²) in [4.78, 5) is 0. The van der Waals surface area contributed by atoms with Crippen molar-refractivity contribution in [1.82, 2.24) is 0 Å². The molecule has 0 aliphatic heterocycles. The van der Waals surface area contributed by atoms with Crippen molar-refractivity contribution in [3.8, 4) is 5.75 Å². The van der Waals surface area contributed by atoms with Gasteiger partial charge in [0.05, 0.1) is 0 Å². The first-order valence-electron chi connectivity index (χ1n) is 7.14. The van der Waals surface area contributed by atoms with E-state index in [1.54, 1.807) is 13.8 Å². The largest absolute Gasteiger partial charge is 0.492 e. The molecule has 2 aromatic rings. The fourth-order valence-corrected chi connectivity index (χ4v) is 2.19. The Kier molecular flexibility index (Phi) is 5.85. The number of alkyl halides is 1. The quantitative estimate of drug-likeness (QED) is 0.591. The van der Waals surface area contributed by atoms with Crippen LogP contribution in [-0.2, 0) is 0 Å². The van der Waals surface area contributed by atoms with Gasteiger partial charge in [-0.3, -0.25) is 0 Å². The van der Waals surface area contributed by atoms with Crippen LogP contribution >= 0.6 is 0 Å². The smallest absolute Gasteiger partial charge is 0.409 e. The Morgan fingerprint density at radius 1 is 1.13 bits per heavy atom. The Morgan fingerprint density at radius 3 is 2.17 bits per heavy atom. The molecular formula is C16H20F3NO3. The highest BCUT2D eigenvalue weighted by Crippen LogP contribution is 2.39. The predicted octanol–water partition coefficient (Wildman–Crippen LogP) is 3.79. The minimum atomic E-state index is -4.13. The number of ether oxygens (including phenoxy) is 1. The molecule has 0 saturated heterocycles. The minimum absolute atomic E-state index is 0.0308. The molecule has 23 heavy (non-hydrogen) atoms. The molecule has 0 saturated carbocycles. The molecule has 0 unspecified atom stereocenters. The van der Waals surface area contributed by atoms with Gasteiger partial charge in [0.1, 0.15) is 0 Å². The van der Waals surface area contributed by atoms with Crippen LogP contribution in [0.2, 0.25) is 0 Å². The maximum atomic E-state index is 13.9. The lowest BCUT2D eigenvalue weighted by Gasteiger charge is -2.19. The summed E-state index contributed by atoms with van der Waals surface area (Å²) in [7, 11) is 0. The number of benzene rings is 2. The lowest BCUT2D eigenvalue weighted by atomic mass is 9.94. The maximum Gasteiger partial charge on any atom is 0.492 e. The molecular weight excluding hydrogens is 311 g/mol. The molecule has 0 fully saturated rings. The monoisotopic (exact) mass is 331 g/mol. The average Bonchev–Trinajstić information content (AvgIpc) is 2.43. The van der Waals surface area contributed by atoms with Crippen LogP contribution in [0, 0.1) is 11.6 Å². The van der Waals surface area contributed by atoms with E-state index >= 15 is 0 Å². The number of anilines is 1. The molecule has 128 valence electrons. The molecule has 2 rings (SSSR count). The Hall–Kier alpha value is -1.99. The van der Waals surface area contributed by atoms with Crippen molar-refractivity contribution < 1.29 is 28.1 Å². The third kappa shape index (κ3) is 4.27. The summed E-state index contributed by atoms with van der Waals surface area (Å²) < 4.78 is 44.5. The van der Waals surface area contributed by atoms with Gasteiger partial charge in [0, 0.05) is 11.1 Å². The zero-order valence-electron chi connectivity index (χ0n) is 13.3. The van der Waals surface area contributed by atoms with Crippen LogP contribution in [0.5, 0.6) is 5.75 Å². The third-order valence-corrected chi connectivity index (χ3v) is 2.99. The number of fused-ring (bicyclic) bond motifs is 1. The predicted molar refractivity (Wildman–Crippen MR) is 82.6 cm³/mol. The topological polar surface area (TPSA) is 75.7 Å². The van der Waals surface area contributed by atoms with E-state index in [-0.39, 0.29) is 16.7 Å². The van der Waals surface area contributed by atoms with Gasteiger partial charge >= 0.3 is 6.23 Å². The molecule has 0 heterocycles. The Labute approximate surface area is 132 Å². The van der Waals surface area contributed by atoms with Gasteiger partial charge in [0.2, 0.25) is 5.82 Å². The van der Waals surface area contributed by atoms with Crippen LogP contribution in [0.4, 0.5) is 18.9 Å². The first kappa shape index (κ1) is 19.1. The summed E-state index contributed by atoms with van der Waals surface area (Å²) in [5.74, 6) is -3.92. The molecule has 0 aromatic heterocycles. The second-order valence-corrected chi connectivity index (χ2v) is 5.00. The summed E-state index contributed by atoms with van der Waals surface area (Å²) in [5.41, 5.74) is 6.47. The van der Waals surface area contributed by atoms with Crippen LogP contribution in [0.3, 0.4) is 0 Å². The summed E-state index contributed by atoms with van der Waals surface area (Å²) in [6.45, 7) is 7.53. The maximum absolute atomic E-state index is 13.9. The highest BCUT2D eigenvalue weighted by atomic mass is 19.2. The number of aliphatic hydroxyl groups is 2. The van der Waals surface area contributed by atoms with Gasteiger partial charge in [0.25, 0.3) is 0 Å². The molecule has 0 atom stereocenters. The van der Waals surface area contributed by atoms with Gasteiger partial charge in [0.15, 0.2) is 11.6 Å². The van der Waals surface area contributed by atoms with Gasteiger partial charge in [-0.15, -0.1) is 4.39 Å². The van der Waals surface area contributed by atoms with E-state index in [2.05, 4.69) is 4.74 Å². The number of nitrogens with two attached hydrogens (primary N) is 1. The molecule has 0 radical (unpaired) electrons. The second-order valence-electron chi connectivity index (χ2n) is 5.00. The van der Waals surface area contributed by atoms with Crippen LogP contribution in [0.1, 0.15) is 39.2 Å². The van der Waals surface area contributed by atoms with Crippen molar-refractivity contribution in [2.45, 2.75) is 39.8 Å². The minimum Gasteiger partial charge on any atom is -0.409 e. The van der Waals surface area contributed by atoms with Crippen LogP contribution < -0.4 is 10.5 Å². The Bertz CT molecular complexity index is 697. The molecule has 0 amide bonds. The van der Waals surface area contributed by atoms with Crippen LogP contribution in [0.25, 0.3) is 10.8 Å². The Morgan fingerprint density at radius 2 is 1.70 bits per heavy atom. The van der Waals surface area contributed by atoms with Gasteiger partial charge in [-0.05, 0) is 35.1 Å². The molecule has 4 nitrogen and oxygen atoms in total. The van der Waals surface area contributed by atoms with Crippen molar-refractivity contribution in [2.75, 3.05) is 5.73 Å². The second kappa shape index (κ2) is 7.06. The highest BCUT2D eigenvalue weighted by Gasteiger charge is 2.30. The van der Waals surface area contributed by atoms with Gasteiger partial charge in [-0.25, -0.2) is 4.39 Å². The lowest BCUT2D eigenvalue weighted by Crippen LogP contribution is -2.29. The van der Waals surface area contributed by atoms with E-state index in [0.29, 0.717) is 11.3 Å². The van der Waals surface area contributed by atoms with E-state index in [9.17, 15) is 13.2 Å². The molecule has 7 heteroatoms. The van der Waals surface area contributed by atoms with Crippen molar-refractivity contribution in [1.29, 1.82) is 0 Å². The fraction of sp³-hybridized carbons (Fsp3) is 0.375. The van der Waals surface area contributed by atoms with E-state index in [4.69, 9.17) is 15.9 Å². The zero-order valence-corrected chi connectivity index (χ0v) is 13.3. The first-order chi connectivity index (χ1) is 10.6. The summed E-state index contributed by atoms with van der Waals surface area (Å²) in [6.07, 6.45) is -4.13. The standard InChI is InChI=1S/C14H14F3NO3.C2H6/c1-6(2)9-5-8(18)3-7-4-10(15)12(16)13(11(7)9)21-14(17,19)20;1-2/h3-6,19-20H,18H2,1-2H3;1-2H3. The van der Waals surface area contributed by atoms with Crippen LogP contribution in [-0.4, -0.2) is 16.4 Å². The summed E-state index contributed by atoms with van der Waals surface area (Å²) in [6, 6.07) is 3.74. The normalized spacial score (nSPS) is 11.4. The van der Waals surface area contributed by atoms with Gasteiger partial charge < -0.3 is 20.7 Å².